The van der Waals surface area contributed by atoms with Crippen molar-refractivity contribution in [2.75, 3.05) is 23.9 Å². The summed E-state index contributed by atoms with van der Waals surface area (Å²) in [5.74, 6) is 0.987. The minimum atomic E-state index is -0.0182. The summed E-state index contributed by atoms with van der Waals surface area (Å²) >= 11 is 5.23. The maximum Gasteiger partial charge on any atom is 0.323 e. The quantitative estimate of drug-likeness (QED) is 0.821. The van der Waals surface area contributed by atoms with Crippen LogP contribution in [0, 0.1) is 0 Å². The summed E-state index contributed by atoms with van der Waals surface area (Å²) in [6, 6.07) is 12.1. The fraction of sp³-hybridized carbons (Fsp3) is 0.267. The van der Waals surface area contributed by atoms with Crippen LogP contribution in [0.4, 0.5) is 10.5 Å². The van der Waals surface area contributed by atoms with Crippen molar-refractivity contribution in [1.29, 1.82) is 0 Å². The van der Waals surface area contributed by atoms with Crippen molar-refractivity contribution in [1.82, 2.24) is 4.90 Å². The first-order valence-electron chi connectivity index (χ1n) is 6.64. The van der Waals surface area contributed by atoms with E-state index in [0.717, 1.165) is 18.0 Å². The van der Waals surface area contributed by atoms with Crippen LogP contribution in [-0.4, -0.2) is 29.5 Å². The molecule has 0 aliphatic carbocycles. The van der Waals surface area contributed by atoms with Gasteiger partial charge in [0.2, 0.25) is 0 Å². The van der Waals surface area contributed by atoms with Crippen molar-refractivity contribution in [2.45, 2.75) is 10.3 Å². The molecule has 1 aliphatic heterocycles. The molecule has 1 atom stereocenters. The third kappa shape index (κ3) is 3.39. The molecule has 1 saturated heterocycles. The molecule has 1 fully saturated rings. The second-order valence-corrected chi connectivity index (χ2v) is 7.64. The number of benzene rings is 1. The molecule has 1 aliphatic rings. The number of thioether (sulfide) groups is 2. The number of carbonyl (C=O) groups is 1. The highest BCUT2D eigenvalue weighted by molar-refractivity contribution is 7.99. The second kappa shape index (κ2) is 6.77. The van der Waals surface area contributed by atoms with Gasteiger partial charge in [-0.05, 0) is 42.0 Å². The van der Waals surface area contributed by atoms with E-state index in [1.54, 1.807) is 23.1 Å². The SMILES string of the molecule is CSc1ccc(NC(=O)N2CCS[C@H]2c2cccs2)cc1. The summed E-state index contributed by atoms with van der Waals surface area (Å²) in [7, 11) is 0. The van der Waals surface area contributed by atoms with Gasteiger partial charge >= 0.3 is 6.03 Å². The van der Waals surface area contributed by atoms with Crippen LogP contribution in [-0.2, 0) is 0 Å². The Kier molecular flexibility index (Phi) is 4.77. The fourth-order valence-electron chi connectivity index (χ4n) is 2.22. The third-order valence-corrected chi connectivity index (χ3v) is 6.34. The third-order valence-electron chi connectivity index (χ3n) is 3.28. The largest absolute Gasteiger partial charge is 0.323 e. The van der Waals surface area contributed by atoms with E-state index in [9.17, 15) is 4.79 Å². The molecule has 2 heterocycles. The van der Waals surface area contributed by atoms with Crippen LogP contribution < -0.4 is 5.32 Å². The van der Waals surface area contributed by atoms with Gasteiger partial charge in [-0.15, -0.1) is 34.9 Å². The lowest BCUT2D eigenvalue weighted by Crippen LogP contribution is -2.34. The Balaban J connectivity index is 1.69. The van der Waals surface area contributed by atoms with Crippen molar-refractivity contribution in [3.05, 3.63) is 46.7 Å². The number of urea groups is 1. The second-order valence-electron chi connectivity index (χ2n) is 4.59. The van der Waals surface area contributed by atoms with Crippen LogP contribution in [0.3, 0.4) is 0 Å². The lowest BCUT2D eigenvalue weighted by atomic mass is 10.3. The van der Waals surface area contributed by atoms with Crippen LogP contribution in [0.2, 0.25) is 0 Å². The number of hydrogen-bond donors (Lipinski definition) is 1. The van der Waals surface area contributed by atoms with Gasteiger partial charge in [-0.1, -0.05) is 6.07 Å². The first kappa shape index (κ1) is 14.8. The van der Waals surface area contributed by atoms with Crippen LogP contribution in [0.15, 0.2) is 46.7 Å². The number of nitrogens with one attached hydrogen (secondary N) is 1. The Morgan fingerprint density at radius 1 is 1.33 bits per heavy atom. The van der Waals surface area contributed by atoms with Crippen molar-refractivity contribution in [3.8, 4) is 0 Å². The minimum absolute atomic E-state index is 0.0182. The smallest absolute Gasteiger partial charge is 0.308 e. The topological polar surface area (TPSA) is 32.3 Å². The number of rotatable bonds is 3. The Hall–Kier alpha value is -1.11. The molecule has 0 unspecified atom stereocenters. The summed E-state index contributed by atoms with van der Waals surface area (Å²) < 4.78 is 0. The molecule has 0 spiro atoms. The predicted molar refractivity (Wildman–Crippen MR) is 93.5 cm³/mol. The van der Waals surface area contributed by atoms with Gasteiger partial charge in [0.25, 0.3) is 0 Å². The fourth-order valence-corrected chi connectivity index (χ4v) is 4.86. The first-order valence-corrected chi connectivity index (χ1v) is 9.80. The van der Waals surface area contributed by atoms with Gasteiger partial charge in [-0.3, -0.25) is 0 Å². The summed E-state index contributed by atoms with van der Waals surface area (Å²) in [6.45, 7) is 0.794. The number of carbonyl (C=O) groups excluding carboxylic acids is 1. The number of nitrogens with zero attached hydrogens (tertiary/aromatic N) is 1. The molecule has 2 amide bonds. The Labute approximate surface area is 137 Å². The van der Waals surface area contributed by atoms with E-state index < -0.39 is 0 Å². The molecule has 0 bridgehead atoms. The molecular weight excluding hydrogens is 320 g/mol. The average molecular weight is 337 g/mol. The monoisotopic (exact) mass is 336 g/mol. The summed E-state index contributed by atoms with van der Waals surface area (Å²) in [5, 5.41) is 5.21. The lowest BCUT2D eigenvalue weighted by Gasteiger charge is -2.23. The van der Waals surface area contributed by atoms with Crippen molar-refractivity contribution < 1.29 is 4.79 Å². The van der Waals surface area contributed by atoms with E-state index >= 15 is 0 Å². The standard InChI is InChI=1S/C15H16N2OS3/c1-19-12-6-4-11(5-7-12)16-15(18)17-8-10-21-14(17)13-3-2-9-20-13/h2-7,9,14H,8,10H2,1H3,(H,16,18)/t14-/m0/s1. The van der Waals surface area contributed by atoms with E-state index in [0.29, 0.717) is 0 Å². The summed E-state index contributed by atoms with van der Waals surface area (Å²) in [6.07, 6.45) is 2.04. The average Bonchev–Trinajstić information content (AvgIpc) is 3.18. The van der Waals surface area contributed by atoms with Crippen LogP contribution in [0.1, 0.15) is 10.3 Å². The van der Waals surface area contributed by atoms with E-state index in [4.69, 9.17) is 0 Å². The Bertz CT molecular complexity index is 598. The highest BCUT2D eigenvalue weighted by Gasteiger charge is 2.31. The van der Waals surface area contributed by atoms with E-state index in [2.05, 4.69) is 16.8 Å². The van der Waals surface area contributed by atoms with Gasteiger partial charge in [-0.2, -0.15) is 0 Å². The van der Waals surface area contributed by atoms with E-state index in [1.165, 1.54) is 9.77 Å². The Morgan fingerprint density at radius 2 is 2.14 bits per heavy atom. The lowest BCUT2D eigenvalue weighted by molar-refractivity contribution is 0.215. The predicted octanol–water partition coefficient (Wildman–Crippen LogP) is 4.75. The molecular formula is C15H16N2OS3. The molecule has 0 saturated carbocycles. The van der Waals surface area contributed by atoms with Crippen LogP contribution in [0.25, 0.3) is 0 Å². The molecule has 3 rings (SSSR count). The zero-order chi connectivity index (χ0) is 14.7. The van der Waals surface area contributed by atoms with Crippen molar-refractivity contribution in [3.63, 3.8) is 0 Å². The molecule has 1 N–H and O–H groups in total. The van der Waals surface area contributed by atoms with Crippen LogP contribution >= 0.6 is 34.9 Å². The maximum atomic E-state index is 12.5. The Morgan fingerprint density at radius 3 is 2.81 bits per heavy atom. The van der Waals surface area contributed by atoms with E-state index in [-0.39, 0.29) is 11.4 Å². The molecule has 6 heteroatoms. The molecule has 21 heavy (non-hydrogen) atoms. The van der Waals surface area contributed by atoms with Gasteiger partial charge in [-0.25, -0.2) is 4.79 Å². The van der Waals surface area contributed by atoms with Gasteiger partial charge in [0.15, 0.2) is 0 Å². The molecule has 1 aromatic heterocycles. The minimum Gasteiger partial charge on any atom is -0.308 e. The zero-order valence-corrected chi connectivity index (χ0v) is 14.1. The number of thiophene rings is 1. The van der Waals surface area contributed by atoms with E-state index in [1.807, 2.05) is 53.2 Å². The number of hydrogen-bond acceptors (Lipinski definition) is 4. The number of anilines is 1. The number of amides is 2. The normalized spacial score (nSPS) is 18.0. The van der Waals surface area contributed by atoms with Crippen molar-refractivity contribution >= 4 is 46.6 Å². The van der Waals surface area contributed by atoms with Gasteiger partial charge in [0.1, 0.15) is 5.37 Å². The highest BCUT2D eigenvalue weighted by Crippen LogP contribution is 2.40. The first-order chi connectivity index (χ1) is 10.3. The van der Waals surface area contributed by atoms with Crippen LogP contribution in [0.5, 0.6) is 0 Å². The zero-order valence-electron chi connectivity index (χ0n) is 11.6. The summed E-state index contributed by atoms with van der Waals surface area (Å²) in [4.78, 5) is 16.8. The molecule has 0 radical (unpaired) electrons. The highest BCUT2D eigenvalue weighted by atomic mass is 32.2. The molecule has 3 nitrogen and oxygen atoms in total. The maximum absolute atomic E-state index is 12.5. The molecule has 1 aromatic carbocycles. The molecule has 2 aromatic rings. The van der Waals surface area contributed by atoms with Gasteiger partial charge in [0.05, 0.1) is 0 Å². The van der Waals surface area contributed by atoms with Gasteiger partial charge < -0.3 is 10.2 Å². The molecule has 110 valence electrons. The van der Waals surface area contributed by atoms with Crippen molar-refractivity contribution in [2.24, 2.45) is 0 Å². The summed E-state index contributed by atoms with van der Waals surface area (Å²) in [5.41, 5.74) is 0.847. The van der Waals surface area contributed by atoms with Gasteiger partial charge in [0, 0.05) is 27.8 Å².